The molecule has 0 aliphatic carbocycles. The average Bonchev–Trinajstić information content (AvgIpc) is 2.26. The molecule has 0 bridgehead atoms. The first-order chi connectivity index (χ1) is 7.67. The van der Waals surface area contributed by atoms with Crippen LogP contribution in [0.15, 0.2) is 30.9 Å². The van der Waals surface area contributed by atoms with Gasteiger partial charge in [0.15, 0.2) is 0 Å². The van der Waals surface area contributed by atoms with Gasteiger partial charge in [-0.3, -0.25) is 0 Å². The van der Waals surface area contributed by atoms with Crippen LogP contribution in [0.1, 0.15) is 12.5 Å². The quantitative estimate of drug-likeness (QED) is 0.749. The molecule has 0 amide bonds. The topological polar surface area (TPSA) is 44.5 Å². The van der Waals surface area contributed by atoms with Crippen LogP contribution in [0.2, 0.25) is 0 Å². The molecule has 0 radical (unpaired) electrons. The highest BCUT2D eigenvalue weighted by molar-refractivity contribution is 5.40. The third kappa shape index (κ3) is 3.59. The van der Waals surface area contributed by atoms with Gasteiger partial charge in [0, 0.05) is 6.04 Å². The Kier molecular flexibility index (Phi) is 4.86. The van der Waals surface area contributed by atoms with Crippen LogP contribution in [0.25, 0.3) is 0 Å². The van der Waals surface area contributed by atoms with Gasteiger partial charge >= 0.3 is 0 Å². The maximum absolute atomic E-state index is 5.80. The molecule has 0 aliphatic heterocycles. The fraction of sp³-hybridized carbons (Fsp3) is 0.385. The molecule has 1 aromatic rings. The number of rotatable bonds is 6. The standard InChI is InChI=1S/C13H19NO2/c1-4-7-16-13-6-5-12(15-3)9-11(13)8-10(2)14/h4-6,9-10H,1,7-8,14H2,2-3H3. The maximum atomic E-state index is 5.80. The molecule has 0 spiro atoms. The predicted octanol–water partition coefficient (Wildman–Crippen LogP) is 2.15. The van der Waals surface area contributed by atoms with E-state index in [1.165, 1.54) is 0 Å². The summed E-state index contributed by atoms with van der Waals surface area (Å²) in [5, 5.41) is 0. The van der Waals surface area contributed by atoms with E-state index in [0.29, 0.717) is 6.61 Å². The van der Waals surface area contributed by atoms with Gasteiger partial charge in [0.25, 0.3) is 0 Å². The summed E-state index contributed by atoms with van der Waals surface area (Å²) in [6.45, 7) is 6.09. The van der Waals surface area contributed by atoms with Crippen molar-refractivity contribution >= 4 is 0 Å². The van der Waals surface area contributed by atoms with Crippen LogP contribution >= 0.6 is 0 Å². The third-order valence-electron chi connectivity index (χ3n) is 2.17. The molecule has 1 atom stereocenters. The van der Waals surface area contributed by atoms with E-state index >= 15 is 0 Å². The van der Waals surface area contributed by atoms with Gasteiger partial charge in [-0.25, -0.2) is 0 Å². The summed E-state index contributed by atoms with van der Waals surface area (Å²) in [6.07, 6.45) is 2.49. The van der Waals surface area contributed by atoms with Gasteiger partial charge in [0.2, 0.25) is 0 Å². The zero-order chi connectivity index (χ0) is 12.0. The van der Waals surface area contributed by atoms with Gasteiger partial charge < -0.3 is 15.2 Å². The molecule has 0 heterocycles. The van der Waals surface area contributed by atoms with Crippen LogP contribution in [0.3, 0.4) is 0 Å². The van der Waals surface area contributed by atoms with Crippen LogP contribution < -0.4 is 15.2 Å². The molecule has 3 heteroatoms. The largest absolute Gasteiger partial charge is 0.497 e. The lowest BCUT2D eigenvalue weighted by atomic mass is 10.1. The second kappa shape index (κ2) is 6.18. The first-order valence-corrected chi connectivity index (χ1v) is 5.33. The van der Waals surface area contributed by atoms with Crippen molar-refractivity contribution < 1.29 is 9.47 Å². The van der Waals surface area contributed by atoms with Crippen LogP contribution in [-0.4, -0.2) is 19.8 Å². The Morgan fingerprint density at radius 2 is 2.25 bits per heavy atom. The Hall–Kier alpha value is -1.48. The Labute approximate surface area is 96.9 Å². The van der Waals surface area contributed by atoms with E-state index in [-0.39, 0.29) is 6.04 Å². The molecule has 0 aliphatic rings. The molecule has 0 saturated carbocycles. The smallest absolute Gasteiger partial charge is 0.123 e. The molecule has 1 aromatic carbocycles. The van der Waals surface area contributed by atoms with E-state index in [9.17, 15) is 0 Å². The first-order valence-electron chi connectivity index (χ1n) is 5.33. The van der Waals surface area contributed by atoms with Crippen molar-refractivity contribution in [1.82, 2.24) is 0 Å². The van der Waals surface area contributed by atoms with Gasteiger partial charge in [-0.15, -0.1) is 0 Å². The molecule has 16 heavy (non-hydrogen) atoms. The second-order valence-corrected chi connectivity index (χ2v) is 3.75. The van der Waals surface area contributed by atoms with Crippen LogP contribution in [0, 0.1) is 0 Å². The number of nitrogens with two attached hydrogens (primary N) is 1. The Balaban J connectivity index is 2.91. The fourth-order valence-electron chi connectivity index (χ4n) is 1.48. The number of hydrogen-bond acceptors (Lipinski definition) is 3. The average molecular weight is 221 g/mol. The van der Waals surface area contributed by atoms with Crippen LogP contribution in [-0.2, 0) is 6.42 Å². The summed E-state index contributed by atoms with van der Waals surface area (Å²) in [5.74, 6) is 1.67. The fourth-order valence-corrected chi connectivity index (χ4v) is 1.48. The summed E-state index contributed by atoms with van der Waals surface area (Å²) in [7, 11) is 1.65. The zero-order valence-corrected chi connectivity index (χ0v) is 9.90. The molecular formula is C13H19NO2. The van der Waals surface area contributed by atoms with Crippen LogP contribution in [0.5, 0.6) is 11.5 Å². The summed E-state index contributed by atoms with van der Waals surface area (Å²) in [4.78, 5) is 0. The van der Waals surface area contributed by atoms with Crippen molar-refractivity contribution in [3.63, 3.8) is 0 Å². The van der Waals surface area contributed by atoms with E-state index < -0.39 is 0 Å². The SMILES string of the molecule is C=CCOc1ccc(OC)cc1CC(C)N. The minimum absolute atomic E-state index is 0.0955. The maximum Gasteiger partial charge on any atom is 0.123 e. The van der Waals surface area contributed by atoms with Crippen molar-refractivity contribution in [2.45, 2.75) is 19.4 Å². The summed E-state index contributed by atoms with van der Waals surface area (Å²) in [6, 6.07) is 5.84. The number of methoxy groups -OCH3 is 1. The van der Waals surface area contributed by atoms with Crippen molar-refractivity contribution in [2.24, 2.45) is 5.73 Å². The van der Waals surface area contributed by atoms with Gasteiger partial charge in [-0.1, -0.05) is 12.7 Å². The van der Waals surface area contributed by atoms with E-state index in [0.717, 1.165) is 23.5 Å². The zero-order valence-electron chi connectivity index (χ0n) is 9.90. The van der Waals surface area contributed by atoms with E-state index in [1.54, 1.807) is 13.2 Å². The predicted molar refractivity (Wildman–Crippen MR) is 66.0 cm³/mol. The molecular weight excluding hydrogens is 202 g/mol. The van der Waals surface area contributed by atoms with Crippen molar-refractivity contribution in [3.8, 4) is 11.5 Å². The highest BCUT2D eigenvalue weighted by atomic mass is 16.5. The number of hydrogen-bond donors (Lipinski definition) is 1. The minimum Gasteiger partial charge on any atom is -0.497 e. The summed E-state index contributed by atoms with van der Waals surface area (Å²) < 4.78 is 10.7. The molecule has 88 valence electrons. The van der Waals surface area contributed by atoms with Crippen molar-refractivity contribution in [2.75, 3.05) is 13.7 Å². The number of benzene rings is 1. The lowest BCUT2D eigenvalue weighted by molar-refractivity contribution is 0.356. The first kappa shape index (κ1) is 12.6. The van der Waals surface area contributed by atoms with Crippen LogP contribution in [0.4, 0.5) is 0 Å². The van der Waals surface area contributed by atoms with E-state index in [1.807, 2.05) is 25.1 Å². The van der Waals surface area contributed by atoms with Gasteiger partial charge in [0.05, 0.1) is 7.11 Å². The van der Waals surface area contributed by atoms with Gasteiger partial charge in [0.1, 0.15) is 18.1 Å². The van der Waals surface area contributed by atoms with E-state index in [2.05, 4.69) is 6.58 Å². The molecule has 0 fully saturated rings. The number of ether oxygens (including phenoxy) is 2. The summed E-state index contributed by atoms with van der Waals surface area (Å²) >= 11 is 0. The van der Waals surface area contributed by atoms with E-state index in [4.69, 9.17) is 15.2 Å². The highest BCUT2D eigenvalue weighted by Gasteiger charge is 2.07. The molecule has 0 aromatic heterocycles. The summed E-state index contributed by atoms with van der Waals surface area (Å²) in [5.41, 5.74) is 6.86. The second-order valence-electron chi connectivity index (χ2n) is 3.75. The van der Waals surface area contributed by atoms with Gasteiger partial charge in [-0.2, -0.15) is 0 Å². The molecule has 0 saturated heterocycles. The van der Waals surface area contributed by atoms with Crippen molar-refractivity contribution in [1.29, 1.82) is 0 Å². The lowest BCUT2D eigenvalue weighted by Crippen LogP contribution is -2.18. The van der Waals surface area contributed by atoms with Crippen molar-refractivity contribution in [3.05, 3.63) is 36.4 Å². The Morgan fingerprint density at radius 1 is 1.50 bits per heavy atom. The monoisotopic (exact) mass is 221 g/mol. The third-order valence-corrected chi connectivity index (χ3v) is 2.17. The minimum atomic E-state index is 0.0955. The Morgan fingerprint density at radius 3 is 2.81 bits per heavy atom. The Bertz CT molecular complexity index is 348. The van der Waals surface area contributed by atoms with Gasteiger partial charge in [-0.05, 0) is 37.1 Å². The lowest BCUT2D eigenvalue weighted by Gasteiger charge is -2.13. The molecule has 1 rings (SSSR count). The molecule has 3 nitrogen and oxygen atoms in total. The normalized spacial score (nSPS) is 11.9. The molecule has 2 N–H and O–H groups in total. The molecule has 1 unspecified atom stereocenters. The highest BCUT2D eigenvalue weighted by Crippen LogP contribution is 2.25.